The maximum atomic E-state index is 11.5. The summed E-state index contributed by atoms with van der Waals surface area (Å²) in [4.78, 5) is 0. The van der Waals surface area contributed by atoms with E-state index < -0.39 is 23.1 Å². The van der Waals surface area contributed by atoms with Gasteiger partial charge in [0.05, 0.1) is 11.9 Å². The third-order valence-electron chi connectivity index (χ3n) is 3.76. The van der Waals surface area contributed by atoms with E-state index >= 15 is 0 Å². The van der Waals surface area contributed by atoms with Crippen LogP contribution in [0, 0.1) is 0 Å². The molecule has 1 atom stereocenters. The standard InChI is InChI=1S/C16H17BO4S/c1-22(19,20)11-16-14-8-7-13(10-15(14)17(18)21-16)9-12-5-3-2-4-6-12/h2-8,10,16,18H,9,11H2,1H3. The number of hydrogen-bond acceptors (Lipinski definition) is 4. The van der Waals surface area contributed by atoms with E-state index in [1.165, 1.54) is 11.8 Å². The highest BCUT2D eigenvalue weighted by Gasteiger charge is 2.36. The Morgan fingerprint density at radius 1 is 1.14 bits per heavy atom. The lowest BCUT2D eigenvalue weighted by Gasteiger charge is -2.11. The Morgan fingerprint density at radius 2 is 1.86 bits per heavy atom. The second-order valence-electron chi connectivity index (χ2n) is 5.70. The van der Waals surface area contributed by atoms with Crippen LogP contribution in [0.4, 0.5) is 0 Å². The van der Waals surface area contributed by atoms with E-state index in [9.17, 15) is 13.4 Å². The molecule has 22 heavy (non-hydrogen) atoms. The molecule has 1 N–H and O–H groups in total. The first-order valence-corrected chi connectivity index (χ1v) is 9.16. The third kappa shape index (κ3) is 3.40. The molecule has 0 saturated carbocycles. The molecule has 3 rings (SSSR count). The zero-order chi connectivity index (χ0) is 15.7. The van der Waals surface area contributed by atoms with E-state index in [1.807, 2.05) is 48.5 Å². The minimum atomic E-state index is -3.17. The van der Waals surface area contributed by atoms with Crippen LogP contribution in [-0.4, -0.2) is 32.6 Å². The van der Waals surface area contributed by atoms with Gasteiger partial charge in [-0.15, -0.1) is 0 Å². The molecule has 0 fully saturated rings. The largest absolute Gasteiger partial charge is 0.492 e. The van der Waals surface area contributed by atoms with E-state index in [1.54, 1.807) is 0 Å². The van der Waals surface area contributed by atoms with Crippen molar-refractivity contribution in [2.24, 2.45) is 0 Å². The zero-order valence-corrected chi connectivity index (χ0v) is 13.1. The quantitative estimate of drug-likeness (QED) is 0.858. The van der Waals surface area contributed by atoms with Crippen LogP contribution in [0.15, 0.2) is 48.5 Å². The third-order valence-corrected chi connectivity index (χ3v) is 4.67. The molecule has 0 saturated heterocycles. The van der Waals surface area contributed by atoms with Gasteiger partial charge >= 0.3 is 7.12 Å². The van der Waals surface area contributed by atoms with Crippen LogP contribution in [0.1, 0.15) is 22.8 Å². The Labute approximate surface area is 130 Å². The van der Waals surface area contributed by atoms with Gasteiger partial charge in [0.2, 0.25) is 0 Å². The van der Waals surface area contributed by atoms with E-state index in [0.29, 0.717) is 5.46 Å². The van der Waals surface area contributed by atoms with Crippen LogP contribution < -0.4 is 5.46 Å². The lowest BCUT2D eigenvalue weighted by atomic mass is 9.78. The van der Waals surface area contributed by atoms with Crippen molar-refractivity contribution >= 4 is 22.4 Å². The fourth-order valence-corrected chi connectivity index (χ4v) is 3.59. The van der Waals surface area contributed by atoms with E-state index in [2.05, 4.69) is 0 Å². The Hall–Kier alpha value is -1.63. The van der Waals surface area contributed by atoms with Crippen molar-refractivity contribution in [1.29, 1.82) is 0 Å². The molecule has 1 aliphatic rings. The van der Waals surface area contributed by atoms with Crippen molar-refractivity contribution in [3.05, 3.63) is 65.2 Å². The number of hydrogen-bond donors (Lipinski definition) is 1. The molecule has 0 amide bonds. The molecule has 0 aromatic heterocycles. The van der Waals surface area contributed by atoms with Crippen LogP contribution in [0.2, 0.25) is 0 Å². The summed E-state index contributed by atoms with van der Waals surface area (Å²) < 4.78 is 28.3. The minimum Gasteiger partial charge on any atom is -0.423 e. The molecule has 4 nitrogen and oxygen atoms in total. The number of benzene rings is 2. The highest BCUT2D eigenvalue weighted by atomic mass is 32.2. The molecule has 2 aromatic rings. The van der Waals surface area contributed by atoms with E-state index in [-0.39, 0.29) is 5.75 Å². The van der Waals surface area contributed by atoms with E-state index in [0.717, 1.165) is 17.5 Å². The summed E-state index contributed by atoms with van der Waals surface area (Å²) >= 11 is 0. The first-order chi connectivity index (χ1) is 10.4. The Kier molecular flexibility index (Phi) is 4.08. The Balaban J connectivity index is 1.86. The van der Waals surface area contributed by atoms with Gasteiger partial charge in [-0.05, 0) is 28.6 Å². The SMILES string of the molecule is CS(=O)(=O)CC1OB(O)c2cc(Cc3ccccc3)ccc21. The van der Waals surface area contributed by atoms with Crippen molar-refractivity contribution in [2.75, 3.05) is 12.0 Å². The monoisotopic (exact) mass is 316 g/mol. The molecule has 114 valence electrons. The van der Waals surface area contributed by atoms with Crippen molar-refractivity contribution < 1.29 is 18.1 Å². The first kappa shape index (κ1) is 15.3. The molecule has 0 radical (unpaired) electrons. The van der Waals surface area contributed by atoms with Gasteiger partial charge < -0.3 is 9.68 Å². The molecule has 1 unspecified atom stereocenters. The number of fused-ring (bicyclic) bond motifs is 1. The lowest BCUT2D eigenvalue weighted by Crippen LogP contribution is -2.28. The smallest absolute Gasteiger partial charge is 0.423 e. The normalized spacial score (nSPS) is 17.5. The van der Waals surface area contributed by atoms with Crippen LogP contribution >= 0.6 is 0 Å². The van der Waals surface area contributed by atoms with Gasteiger partial charge in [0.15, 0.2) is 0 Å². The van der Waals surface area contributed by atoms with Gasteiger partial charge in [-0.3, -0.25) is 0 Å². The number of sulfone groups is 1. The maximum absolute atomic E-state index is 11.5. The van der Waals surface area contributed by atoms with E-state index in [4.69, 9.17) is 4.65 Å². The van der Waals surface area contributed by atoms with Gasteiger partial charge in [0, 0.05) is 6.26 Å². The molecule has 0 bridgehead atoms. The van der Waals surface area contributed by atoms with Gasteiger partial charge in [-0.1, -0.05) is 48.5 Å². The molecular formula is C16H17BO4S. The maximum Gasteiger partial charge on any atom is 0.492 e. The lowest BCUT2D eigenvalue weighted by molar-refractivity contribution is 0.211. The zero-order valence-electron chi connectivity index (χ0n) is 12.3. The van der Waals surface area contributed by atoms with Crippen molar-refractivity contribution in [3.8, 4) is 0 Å². The highest BCUT2D eigenvalue weighted by molar-refractivity contribution is 7.90. The topological polar surface area (TPSA) is 63.6 Å². The number of rotatable bonds is 4. The molecule has 6 heteroatoms. The summed E-state index contributed by atoms with van der Waals surface area (Å²) in [6, 6.07) is 15.8. The fourth-order valence-electron chi connectivity index (χ4n) is 2.78. The Morgan fingerprint density at radius 3 is 2.55 bits per heavy atom. The summed E-state index contributed by atoms with van der Waals surface area (Å²) in [6.07, 6.45) is 1.34. The second kappa shape index (κ2) is 5.87. The predicted molar refractivity (Wildman–Crippen MR) is 86.8 cm³/mol. The van der Waals surface area contributed by atoms with Crippen LogP contribution in [0.5, 0.6) is 0 Å². The van der Waals surface area contributed by atoms with Crippen LogP contribution in [-0.2, 0) is 20.9 Å². The summed E-state index contributed by atoms with van der Waals surface area (Å²) in [5.41, 5.74) is 3.67. The predicted octanol–water partition coefficient (Wildman–Crippen LogP) is 1.08. The van der Waals surface area contributed by atoms with Gasteiger partial charge in [0.25, 0.3) is 0 Å². The summed E-state index contributed by atoms with van der Waals surface area (Å²) in [5.74, 6) is -0.116. The van der Waals surface area contributed by atoms with Crippen LogP contribution in [0.25, 0.3) is 0 Å². The molecule has 1 heterocycles. The first-order valence-electron chi connectivity index (χ1n) is 7.10. The highest BCUT2D eigenvalue weighted by Crippen LogP contribution is 2.26. The summed E-state index contributed by atoms with van der Waals surface area (Å²) in [6.45, 7) is 0. The molecule has 0 aliphatic carbocycles. The molecular weight excluding hydrogens is 299 g/mol. The van der Waals surface area contributed by atoms with Gasteiger partial charge in [0.1, 0.15) is 9.84 Å². The fraction of sp³-hybridized carbons (Fsp3) is 0.250. The van der Waals surface area contributed by atoms with Gasteiger partial charge in [-0.2, -0.15) is 0 Å². The second-order valence-corrected chi connectivity index (χ2v) is 7.88. The minimum absolute atomic E-state index is 0.116. The molecule has 2 aromatic carbocycles. The van der Waals surface area contributed by atoms with Crippen molar-refractivity contribution in [3.63, 3.8) is 0 Å². The Bertz CT molecular complexity index is 774. The molecule has 1 aliphatic heterocycles. The summed E-state index contributed by atoms with van der Waals surface area (Å²) in [7, 11) is -4.23. The average Bonchev–Trinajstić information content (AvgIpc) is 2.74. The van der Waals surface area contributed by atoms with Crippen LogP contribution in [0.3, 0.4) is 0 Å². The van der Waals surface area contributed by atoms with Crippen molar-refractivity contribution in [1.82, 2.24) is 0 Å². The van der Waals surface area contributed by atoms with Crippen molar-refractivity contribution in [2.45, 2.75) is 12.5 Å². The van der Waals surface area contributed by atoms with Gasteiger partial charge in [-0.25, -0.2) is 8.42 Å². The summed E-state index contributed by atoms with van der Waals surface area (Å²) in [5, 5.41) is 10.0. The average molecular weight is 316 g/mol. The molecule has 0 spiro atoms.